The van der Waals surface area contributed by atoms with Crippen molar-refractivity contribution in [2.75, 3.05) is 11.9 Å². The van der Waals surface area contributed by atoms with E-state index < -0.39 is 12.5 Å². The summed E-state index contributed by atoms with van der Waals surface area (Å²) in [6, 6.07) is 9.34. The van der Waals surface area contributed by atoms with E-state index >= 15 is 0 Å². The lowest BCUT2D eigenvalue weighted by Gasteiger charge is -2.13. The molecule has 2 aromatic carbocycles. The fourth-order valence-corrected chi connectivity index (χ4v) is 3.04. The third kappa shape index (κ3) is 4.91. The summed E-state index contributed by atoms with van der Waals surface area (Å²) in [5.74, 6) is -0.434. The topological polar surface area (TPSA) is 47.6 Å². The highest BCUT2D eigenvalue weighted by Gasteiger charge is 2.15. The molecule has 1 amide bonds. The molecule has 0 radical (unpaired) electrons. The third-order valence-electron chi connectivity index (χ3n) is 2.90. The molecule has 24 heavy (non-hydrogen) atoms. The first-order chi connectivity index (χ1) is 11.4. The van der Waals surface area contributed by atoms with Crippen molar-refractivity contribution in [2.24, 2.45) is 0 Å². The van der Waals surface area contributed by atoms with E-state index in [2.05, 4.69) is 41.9 Å². The Hall–Kier alpha value is -1.67. The first kappa shape index (κ1) is 18.7. The predicted octanol–water partition coefficient (Wildman–Crippen LogP) is 5.46. The highest BCUT2D eigenvalue weighted by molar-refractivity contribution is 9.11. The number of anilines is 1. The molecule has 0 unspecified atom stereocenters. The standard InChI is InChI=1S/C16H13Br2F2NO3/c1-2-23-14-7-9(3-6-13(14)24-16(19)20)15(22)21-12-5-4-10(17)8-11(12)18/h3-8,16H,2H2,1H3,(H,21,22). The molecule has 0 fully saturated rings. The summed E-state index contributed by atoms with van der Waals surface area (Å²) in [5, 5.41) is 2.73. The molecule has 8 heteroatoms. The largest absolute Gasteiger partial charge is 0.490 e. The molecule has 0 spiro atoms. The fourth-order valence-electron chi connectivity index (χ4n) is 1.90. The predicted molar refractivity (Wildman–Crippen MR) is 94.0 cm³/mol. The van der Waals surface area contributed by atoms with Crippen molar-refractivity contribution in [3.63, 3.8) is 0 Å². The highest BCUT2D eigenvalue weighted by atomic mass is 79.9. The van der Waals surface area contributed by atoms with E-state index in [1.54, 1.807) is 25.1 Å². The monoisotopic (exact) mass is 463 g/mol. The Morgan fingerprint density at radius 3 is 2.54 bits per heavy atom. The van der Waals surface area contributed by atoms with Gasteiger partial charge in [0.15, 0.2) is 11.5 Å². The van der Waals surface area contributed by atoms with Gasteiger partial charge in [-0.05, 0) is 59.3 Å². The van der Waals surface area contributed by atoms with Crippen LogP contribution in [0.15, 0.2) is 45.3 Å². The molecule has 0 aliphatic rings. The van der Waals surface area contributed by atoms with Crippen LogP contribution in [0, 0.1) is 0 Å². The maximum absolute atomic E-state index is 12.4. The number of ether oxygens (including phenoxy) is 2. The Morgan fingerprint density at radius 2 is 1.92 bits per heavy atom. The fraction of sp³-hybridized carbons (Fsp3) is 0.188. The summed E-state index contributed by atoms with van der Waals surface area (Å²) in [6.45, 7) is -1.01. The molecule has 0 aliphatic carbocycles. The van der Waals surface area contributed by atoms with Crippen molar-refractivity contribution >= 4 is 43.5 Å². The summed E-state index contributed by atoms with van der Waals surface area (Å²) < 4.78 is 36.0. The maximum atomic E-state index is 12.4. The molecule has 0 saturated heterocycles. The number of alkyl halides is 2. The minimum absolute atomic E-state index is 0.0836. The van der Waals surface area contributed by atoms with Gasteiger partial charge in [0.1, 0.15) is 0 Å². The number of carbonyl (C=O) groups excluding carboxylic acids is 1. The first-order valence-electron chi connectivity index (χ1n) is 6.88. The van der Waals surface area contributed by atoms with Gasteiger partial charge < -0.3 is 14.8 Å². The number of rotatable bonds is 6. The average molecular weight is 465 g/mol. The van der Waals surface area contributed by atoms with E-state index in [0.29, 0.717) is 10.2 Å². The molecule has 128 valence electrons. The van der Waals surface area contributed by atoms with Crippen LogP contribution in [0.5, 0.6) is 11.5 Å². The van der Waals surface area contributed by atoms with Crippen LogP contribution in [0.1, 0.15) is 17.3 Å². The second-order valence-corrected chi connectivity index (χ2v) is 6.32. The number of halogens is 4. The number of hydrogen-bond donors (Lipinski definition) is 1. The zero-order valence-electron chi connectivity index (χ0n) is 12.5. The van der Waals surface area contributed by atoms with Crippen LogP contribution in [0.2, 0.25) is 0 Å². The number of hydrogen-bond acceptors (Lipinski definition) is 3. The van der Waals surface area contributed by atoms with E-state index in [-0.39, 0.29) is 23.7 Å². The van der Waals surface area contributed by atoms with Gasteiger partial charge in [-0.3, -0.25) is 4.79 Å². The van der Waals surface area contributed by atoms with Crippen LogP contribution in [-0.4, -0.2) is 19.1 Å². The normalized spacial score (nSPS) is 10.6. The van der Waals surface area contributed by atoms with E-state index in [9.17, 15) is 13.6 Å². The van der Waals surface area contributed by atoms with Gasteiger partial charge in [0, 0.05) is 14.5 Å². The Balaban J connectivity index is 2.23. The molecule has 0 atom stereocenters. The maximum Gasteiger partial charge on any atom is 0.387 e. The quantitative estimate of drug-likeness (QED) is 0.617. The summed E-state index contributed by atoms with van der Waals surface area (Å²) in [5.41, 5.74) is 0.837. The summed E-state index contributed by atoms with van der Waals surface area (Å²) in [7, 11) is 0. The van der Waals surface area contributed by atoms with Gasteiger partial charge in [0.2, 0.25) is 0 Å². The molecule has 4 nitrogen and oxygen atoms in total. The van der Waals surface area contributed by atoms with E-state index in [1.807, 2.05) is 0 Å². The van der Waals surface area contributed by atoms with Crippen molar-refractivity contribution in [3.05, 3.63) is 50.9 Å². The van der Waals surface area contributed by atoms with Crippen molar-refractivity contribution in [1.29, 1.82) is 0 Å². The minimum Gasteiger partial charge on any atom is -0.490 e. The van der Waals surface area contributed by atoms with Crippen LogP contribution in [0.25, 0.3) is 0 Å². The smallest absolute Gasteiger partial charge is 0.387 e. The van der Waals surface area contributed by atoms with E-state index in [0.717, 1.165) is 4.47 Å². The molecule has 0 saturated carbocycles. The van der Waals surface area contributed by atoms with Crippen molar-refractivity contribution in [1.82, 2.24) is 0 Å². The zero-order valence-corrected chi connectivity index (χ0v) is 15.7. The SMILES string of the molecule is CCOc1cc(C(=O)Nc2ccc(Br)cc2Br)ccc1OC(F)F. The van der Waals surface area contributed by atoms with E-state index in [1.165, 1.54) is 18.2 Å². The van der Waals surface area contributed by atoms with Gasteiger partial charge in [-0.25, -0.2) is 0 Å². The van der Waals surface area contributed by atoms with Crippen molar-refractivity contribution in [2.45, 2.75) is 13.5 Å². The summed E-state index contributed by atoms with van der Waals surface area (Å²) in [6.07, 6.45) is 0. The van der Waals surface area contributed by atoms with Gasteiger partial charge >= 0.3 is 6.61 Å². The third-order valence-corrected chi connectivity index (χ3v) is 4.05. The second kappa shape index (κ2) is 8.43. The van der Waals surface area contributed by atoms with Crippen molar-refractivity contribution < 1.29 is 23.0 Å². The minimum atomic E-state index is -2.97. The molecule has 0 aliphatic heterocycles. The second-order valence-electron chi connectivity index (χ2n) is 4.55. The lowest BCUT2D eigenvalue weighted by atomic mass is 10.2. The van der Waals surface area contributed by atoms with Crippen LogP contribution in [0.3, 0.4) is 0 Å². The van der Waals surface area contributed by atoms with Gasteiger partial charge in [-0.15, -0.1) is 0 Å². The lowest BCUT2D eigenvalue weighted by molar-refractivity contribution is -0.0514. The van der Waals surface area contributed by atoms with E-state index in [4.69, 9.17) is 4.74 Å². The van der Waals surface area contributed by atoms with Crippen LogP contribution < -0.4 is 14.8 Å². The Morgan fingerprint density at radius 1 is 1.17 bits per heavy atom. The Bertz CT molecular complexity index is 741. The average Bonchev–Trinajstić information content (AvgIpc) is 2.51. The molecule has 1 N–H and O–H groups in total. The van der Waals surface area contributed by atoms with Crippen molar-refractivity contribution in [3.8, 4) is 11.5 Å². The van der Waals surface area contributed by atoms with Crippen LogP contribution in [-0.2, 0) is 0 Å². The molecular formula is C16H13Br2F2NO3. The number of carbonyl (C=O) groups is 1. The van der Waals surface area contributed by atoms with Crippen LogP contribution >= 0.6 is 31.9 Å². The van der Waals surface area contributed by atoms with Gasteiger partial charge in [0.25, 0.3) is 5.91 Å². The number of amides is 1. The summed E-state index contributed by atoms with van der Waals surface area (Å²) >= 11 is 6.68. The van der Waals surface area contributed by atoms with Gasteiger partial charge in [0.05, 0.1) is 12.3 Å². The molecule has 2 rings (SSSR count). The Kier molecular flexibility index (Phi) is 6.56. The number of benzene rings is 2. The van der Waals surface area contributed by atoms with Gasteiger partial charge in [-0.2, -0.15) is 8.78 Å². The molecule has 2 aromatic rings. The van der Waals surface area contributed by atoms with Gasteiger partial charge in [-0.1, -0.05) is 15.9 Å². The lowest BCUT2D eigenvalue weighted by Crippen LogP contribution is -2.13. The number of nitrogens with one attached hydrogen (secondary N) is 1. The van der Waals surface area contributed by atoms with Crippen LogP contribution in [0.4, 0.5) is 14.5 Å². The Labute approximate surface area is 154 Å². The highest BCUT2D eigenvalue weighted by Crippen LogP contribution is 2.31. The zero-order chi connectivity index (χ0) is 17.7. The molecule has 0 bridgehead atoms. The molecule has 0 heterocycles. The molecular weight excluding hydrogens is 452 g/mol. The molecule has 0 aromatic heterocycles. The first-order valence-corrected chi connectivity index (χ1v) is 8.47. The summed E-state index contributed by atoms with van der Waals surface area (Å²) in [4.78, 5) is 12.4.